The summed E-state index contributed by atoms with van der Waals surface area (Å²) in [5.41, 5.74) is 10.3. The fourth-order valence-electron chi connectivity index (χ4n) is 2.01. The van der Waals surface area contributed by atoms with Crippen LogP contribution in [-0.4, -0.2) is 41.7 Å². The van der Waals surface area contributed by atoms with Crippen molar-refractivity contribution in [1.82, 2.24) is 4.90 Å². The number of ether oxygens (including phenoxy) is 1. The second kappa shape index (κ2) is 5.46. The molecule has 0 aliphatic carbocycles. The molecule has 1 saturated heterocycles. The van der Waals surface area contributed by atoms with Crippen molar-refractivity contribution in [2.45, 2.75) is 45.8 Å². The number of carbonyl (C=O) groups excluding carboxylic acids is 1. The molecule has 6 heteroatoms. The van der Waals surface area contributed by atoms with Crippen LogP contribution in [0.2, 0.25) is 0 Å². The minimum Gasteiger partial charge on any atom is -0.444 e. The van der Waals surface area contributed by atoms with Gasteiger partial charge in [-0.05, 0) is 33.1 Å². The van der Waals surface area contributed by atoms with Gasteiger partial charge in [-0.25, -0.2) is 9.79 Å². The smallest absolute Gasteiger partial charge is 0.410 e. The van der Waals surface area contributed by atoms with Crippen molar-refractivity contribution in [3.05, 3.63) is 0 Å². The quantitative estimate of drug-likeness (QED) is 0.538. The van der Waals surface area contributed by atoms with E-state index in [1.165, 1.54) is 0 Å². The van der Waals surface area contributed by atoms with Gasteiger partial charge in [-0.3, -0.25) is 0 Å². The highest BCUT2D eigenvalue weighted by atomic mass is 16.6. The van der Waals surface area contributed by atoms with Crippen LogP contribution in [0, 0.1) is 5.92 Å². The van der Waals surface area contributed by atoms with Gasteiger partial charge in [0.05, 0.1) is 6.04 Å². The summed E-state index contributed by atoms with van der Waals surface area (Å²) in [5, 5.41) is 0. The second-order valence-electron chi connectivity index (χ2n) is 5.81. The number of rotatable bonds is 1. The van der Waals surface area contributed by atoms with Gasteiger partial charge in [0.15, 0.2) is 5.96 Å². The van der Waals surface area contributed by atoms with Crippen LogP contribution >= 0.6 is 0 Å². The zero-order valence-electron chi connectivity index (χ0n) is 11.6. The fourth-order valence-corrected chi connectivity index (χ4v) is 2.01. The van der Waals surface area contributed by atoms with Crippen LogP contribution in [-0.2, 0) is 4.74 Å². The molecular weight excluding hydrogens is 232 g/mol. The van der Waals surface area contributed by atoms with Crippen LogP contribution in [0.3, 0.4) is 0 Å². The van der Waals surface area contributed by atoms with E-state index in [1.807, 2.05) is 27.7 Å². The number of amides is 1. The molecule has 0 unspecified atom stereocenters. The maximum Gasteiger partial charge on any atom is 0.410 e. The number of nitrogens with two attached hydrogens (primary N) is 2. The molecule has 1 rings (SSSR count). The molecule has 0 aromatic carbocycles. The molecule has 0 radical (unpaired) electrons. The number of likely N-dealkylation sites (tertiary alicyclic amines) is 1. The maximum atomic E-state index is 11.9. The Morgan fingerprint density at radius 2 is 2.00 bits per heavy atom. The van der Waals surface area contributed by atoms with Crippen LogP contribution in [0.25, 0.3) is 0 Å². The number of nitrogens with zero attached hydrogens (tertiary/aromatic N) is 2. The van der Waals surface area contributed by atoms with Gasteiger partial charge in [0.1, 0.15) is 5.60 Å². The molecule has 0 saturated carbocycles. The Kier molecular flexibility index (Phi) is 4.43. The molecule has 0 aromatic rings. The summed E-state index contributed by atoms with van der Waals surface area (Å²) in [6.07, 6.45) is 0.496. The lowest BCUT2D eigenvalue weighted by atomic mass is 9.95. The van der Waals surface area contributed by atoms with Crippen molar-refractivity contribution in [2.24, 2.45) is 22.4 Å². The number of hydrogen-bond acceptors (Lipinski definition) is 3. The number of piperidine rings is 1. The molecule has 1 heterocycles. The van der Waals surface area contributed by atoms with Gasteiger partial charge < -0.3 is 21.1 Å². The van der Waals surface area contributed by atoms with Crippen LogP contribution in [0.4, 0.5) is 4.79 Å². The van der Waals surface area contributed by atoms with Crippen LogP contribution in [0.1, 0.15) is 34.1 Å². The summed E-state index contributed by atoms with van der Waals surface area (Å²) < 4.78 is 5.34. The third-order valence-electron chi connectivity index (χ3n) is 2.83. The van der Waals surface area contributed by atoms with Crippen LogP contribution < -0.4 is 11.5 Å². The van der Waals surface area contributed by atoms with Crippen molar-refractivity contribution < 1.29 is 9.53 Å². The molecule has 1 fully saturated rings. The zero-order chi connectivity index (χ0) is 13.9. The Balaban J connectivity index is 2.56. The van der Waals surface area contributed by atoms with Gasteiger partial charge in [-0.2, -0.15) is 0 Å². The highest BCUT2D eigenvalue weighted by Crippen LogP contribution is 2.21. The van der Waals surface area contributed by atoms with E-state index in [1.54, 1.807) is 4.90 Å². The monoisotopic (exact) mass is 256 g/mol. The topological polar surface area (TPSA) is 93.9 Å². The van der Waals surface area contributed by atoms with Crippen LogP contribution in [0.5, 0.6) is 0 Å². The van der Waals surface area contributed by atoms with E-state index in [0.29, 0.717) is 13.1 Å². The van der Waals surface area contributed by atoms with Crippen molar-refractivity contribution in [3.63, 3.8) is 0 Å². The Morgan fingerprint density at radius 1 is 1.39 bits per heavy atom. The standard InChI is InChI=1S/C12H24N4O2/c1-8-7-16(11(17)18-12(2,3)4)6-5-9(8)15-10(13)14/h8-9H,5-7H2,1-4H3,(H4,13,14,15)/t8-,9+/m1/s1. The number of hydrogen-bond donors (Lipinski definition) is 2. The Morgan fingerprint density at radius 3 is 2.44 bits per heavy atom. The molecule has 4 N–H and O–H groups in total. The average Bonchev–Trinajstić information content (AvgIpc) is 2.17. The molecule has 1 aliphatic rings. The van der Waals surface area contributed by atoms with Crippen LogP contribution in [0.15, 0.2) is 4.99 Å². The van der Waals surface area contributed by atoms with E-state index in [0.717, 1.165) is 6.42 Å². The molecule has 18 heavy (non-hydrogen) atoms. The lowest BCUT2D eigenvalue weighted by Crippen LogP contribution is -2.47. The van der Waals surface area contributed by atoms with Gasteiger partial charge >= 0.3 is 6.09 Å². The highest BCUT2D eigenvalue weighted by molar-refractivity contribution is 5.76. The van der Waals surface area contributed by atoms with E-state index < -0.39 is 5.60 Å². The van der Waals surface area contributed by atoms with E-state index >= 15 is 0 Å². The SMILES string of the molecule is C[C@@H]1CN(C(=O)OC(C)(C)C)CC[C@@H]1N=C(N)N. The predicted octanol–water partition coefficient (Wildman–Crippen LogP) is 0.905. The Labute approximate surface area is 108 Å². The molecule has 1 amide bonds. The first-order chi connectivity index (χ1) is 8.19. The number of carbonyl (C=O) groups is 1. The van der Waals surface area contributed by atoms with Gasteiger partial charge in [0.2, 0.25) is 0 Å². The molecule has 0 spiro atoms. The molecule has 6 nitrogen and oxygen atoms in total. The molecule has 2 atom stereocenters. The van der Waals surface area contributed by atoms with Crippen molar-refractivity contribution in [1.29, 1.82) is 0 Å². The maximum absolute atomic E-state index is 11.9. The molecular formula is C12H24N4O2. The predicted molar refractivity (Wildman–Crippen MR) is 71.2 cm³/mol. The van der Waals surface area contributed by atoms with Gasteiger partial charge in [-0.1, -0.05) is 6.92 Å². The van der Waals surface area contributed by atoms with E-state index in [-0.39, 0.29) is 24.0 Å². The largest absolute Gasteiger partial charge is 0.444 e. The summed E-state index contributed by atoms with van der Waals surface area (Å²) in [6, 6.07) is 0.0914. The minimum absolute atomic E-state index is 0.0914. The summed E-state index contributed by atoms with van der Waals surface area (Å²) in [5.74, 6) is 0.339. The number of aliphatic imine (C=N–C) groups is 1. The van der Waals surface area contributed by atoms with E-state index in [2.05, 4.69) is 4.99 Å². The van der Waals surface area contributed by atoms with Crippen molar-refractivity contribution in [3.8, 4) is 0 Å². The third-order valence-corrected chi connectivity index (χ3v) is 2.83. The third kappa shape index (κ3) is 4.43. The number of guanidine groups is 1. The molecule has 104 valence electrons. The molecule has 0 bridgehead atoms. The fraction of sp³-hybridized carbons (Fsp3) is 0.833. The zero-order valence-corrected chi connectivity index (χ0v) is 11.6. The van der Waals surface area contributed by atoms with Crippen molar-refractivity contribution >= 4 is 12.1 Å². The van der Waals surface area contributed by atoms with Crippen molar-refractivity contribution in [2.75, 3.05) is 13.1 Å². The van der Waals surface area contributed by atoms with Gasteiger partial charge in [-0.15, -0.1) is 0 Å². The summed E-state index contributed by atoms with van der Waals surface area (Å²) >= 11 is 0. The average molecular weight is 256 g/mol. The summed E-state index contributed by atoms with van der Waals surface area (Å²) in [7, 11) is 0. The Hall–Kier alpha value is -1.46. The molecule has 1 aliphatic heterocycles. The molecule has 0 aromatic heterocycles. The summed E-state index contributed by atoms with van der Waals surface area (Å²) in [6.45, 7) is 8.87. The van der Waals surface area contributed by atoms with E-state index in [9.17, 15) is 4.79 Å². The first-order valence-electron chi connectivity index (χ1n) is 6.25. The lowest BCUT2D eigenvalue weighted by molar-refractivity contribution is 0.0159. The first kappa shape index (κ1) is 14.6. The van der Waals surface area contributed by atoms with Gasteiger partial charge in [0, 0.05) is 13.1 Å². The summed E-state index contributed by atoms with van der Waals surface area (Å²) in [4.78, 5) is 17.8. The lowest BCUT2D eigenvalue weighted by Gasteiger charge is -2.35. The second-order valence-corrected chi connectivity index (χ2v) is 5.81. The first-order valence-corrected chi connectivity index (χ1v) is 6.25. The highest BCUT2D eigenvalue weighted by Gasteiger charge is 2.31. The van der Waals surface area contributed by atoms with Gasteiger partial charge in [0.25, 0.3) is 0 Å². The Bertz CT molecular complexity index is 331. The van der Waals surface area contributed by atoms with E-state index in [4.69, 9.17) is 16.2 Å². The minimum atomic E-state index is -0.461. The normalized spacial score (nSPS) is 24.6.